The van der Waals surface area contributed by atoms with Crippen LogP contribution in [0.1, 0.15) is 26.3 Å². The topological polar surface area (TPSA) is 59.8 Å². The van der Waals surface area contributed by atoms with E-state index in [2.05, 4.69) is 33.1 Å². The molecule has 2 aromatic carbocycles. The average Bonchev–Trinajstić information content (AvgIpc) is 3.01. The normalized spacial score (nSPS) is 11.9. The minimum Gasteiger partial charge on any atom is -0.352 e. The van der Waals surface area contributed by atoms with Crippen LogP contribution in [-0.4, -0.2) is 20.4 Å². The summed E-state index contributed by atoms with van der Waals surface area (Å²) < 4.78 is 2.09. The highest BCUT2D eigenvalue weighted by atomic mass is 16.2. The molecule has 0 fully saturated rings. The van der Waals surface area contributed by atoms with Crippen molar-refractivity contribution in [3.05, 3.63) is 60.4 Å². The quantitative estimate of drug-likeness (QED) is 0.578. The number of pyridine rings is 1. The zero-order valence-corrected chi connectivity index (χ0v) is 16.7. The zero-order chi connectivity index (χ0) is 19.9. The number of aromatic nitrogens is 3. The van der Waals surface area contributed by atoms with Crippen molar-refractivity contribution in [2.24, 2.45) is 12.5 Å². The lowest BCUT2D eigenvalue weighted by atomic mass is 9.95. The van der Waals surface area contributed by atoms with E-state index in [1.165, 1.54) is 0 Å². The number of hydrogen-bond acceptors (Lipinski definition) is 3. The lowest BCUT2D eigenvalue weighted by Gasteiger charge is -2.17. The molecule has 0 saturated carbocycles. The number of amides is 1. The van der Waals surface area contributed by atoms with E-state index >= 15 is 0 Å². The minimum absolute atomic E-state index is 0.0418. The van der Waals surface area contributed by atoms with Crippen LogP contribution in [0, 0.1) is 5.41 Å². The molecule has 4 rings (SSSR count). The van der Waals surface area contributed by atoms with Crippen molar-refractivity contribution < 1.29 is 4.79 Å². The van der Waals surface area contributed by atoms with Crippen LogP contribution in [0.15, 0.2) is 54.9 Å². The summed E-state index contributed by atoms with van der Waals surface area (Å²) in [5.74, 6) is 0.926. The monoisotopic (exact) mass is 372 g/mol. The lowest BCUT2D eigenvalue weighted by Crippen LogP contribution is -2.34. The molecular formula is C23H24N4O. The molecule has 1 amide bonds. The third-order valence-electron chi connectivity index (χ3n) is 4.99. The van der Waals surface area contributed by atoms with Crippen LogP contribution in [0.25, 0.3) is 33.2 Å². The molecule has 1 N–H and O–H groups in total. The number of carbonyl (C=O) groups is 1. The highest BCUT2D eigenvalue weighted by Crippen LogP contribution is 2.29. The molecule has 28 heavy (non-hydrogen) atoms. The summed E-state index contributed by atoms with van der Waals surface area (Å²) in [4.78, 5) is 21.4. The number of hydrogen-bond donors (Lipinski definition) is 1. The summed E-state index contributed by atoms with van der Waals surface area (Å²) >= 11 is 0. The van der Waals surface area contributed by atoms with Crippen LogP contribution in [0.2, 0.25) is 0 Å². The maximum Gasteiger partial charge on any atom is 0.225 e. The van der Waals surface area contributed by atoms with Gasteiger partial charge >= 0.3 is 0 Å². The van der Waals surface area contributed by atoms with Gasteiger partial charge in [-0.15, -0.1) is 0 Å². The molecular weight excluding hydrogens is 348 g/mol. The van der Waals surface area contributed by atoms with E-state index < -0.39 is 5.41 Å². The molecule has 0 unspecified atom stereocenters. The number of benzene rings is 2. The Labute approximate surface area is 164 Å². The van der Waals surface area contributed by atoms with Crippen LogP contribution in [0.3, 0.4) is 0 Å². The highest BCUT2D eigenvalue weighted by Gasteiger charge is 2.20. The summed E-state index contributed by atoms with van der Waals surface area (Å²) in [5.41, 5.74) is 3.63. The van der Waals surface area contributed by atoms with Crippen LogP contribution >= 0.6 is 0 Å². The van der Waals surface area contributed by atoms with Crippen molar-refractivity contribution in [2.75, 3.05) is 0 Å². The first-order valence-corrected chi connectivity index (χ1v) is 9.41. The van der Waals surface area contributed by atoms with Crippen molar-refractivity contribution in [1.29, 1.82) is 0 Å². The van der Waals surface area contributed by atoms with Gasteiger partial charge in [0.2, 0.25) is 5.91 Å². The predicted octanol–water partition coefficient (Wildman–Crippen LogP) is 4.45. The second-order valence-corrected chi connectivity index (χ2v) is 8.16. The number of nitrogens with one attached hydrogen (secondary N) is 1. The Morgan fingerprint density at radius 2 is 1.89 bits per heavy atom. The molecule has 0 bridgehead atoms. The highest BCUT2D eigenvalue weighted by molar-refractivity contribution is 5.96. The molecule has 0 spiro atoms. The first kappa shape index (κ1) is 18.2. The van der Waals surface area contributed by atoms with Gasteiger partial charge in [0, 0.05) is 42.4 Å². The summed E-state index contributed by atoms with van der Waals surface area (Å²) in [6.07, 6.45) is 3.74. The van der Waals surface area contributed by atoms with E-state index in [9.17, 15) is 4.79 Å². The van der Waals surface area contributed by atoms with Crippen molar-refractivity contribution in [3.63, 3.8) is 0 Å². The van der Waals surface area contributed by atoms with Crippen LogP contribution in [0.4, 0.5) is 0 Å². The summed E-state index contributed by atoms with van der Waals surface area (Å²) in [7, 11) is 2.02. The van der Waals surface area contributed by atoms with Crippen molar-refractivity contribution in [3.8, 4) is 11.4 Å². The third-order valence-corrected chi connectivity index (χ3v) is 4.99. The Morgan fingerprint density at radius 3 is 2.68 bits per heavy atom. The molecule has 2 heterocycles. The number of nitrogens with zero attached hydrogens (tertiary/aromatic N) is 3. The fourth-order valence-electron chi connectivity index (χ4n) is 3.33. The Morgan fingerprint density at radius 1 is 1.11 bits per heavy atom. The maximum absolute atomic E-state index is 12.1. The van der Waals surface area contributed by atoms with E-state index in [1.807, 2.05) is 64.5 Å². The third kappa shape index (κ3) is 3.24. The molecule has 0 atom stereocenters. The van der Waals surface area contributed by atoms with E-state index in [0.29, 0.717) is 6.54 Å². The van der Waals surface area contributed by atoms with Crippen molar-refractivity contribution in [1.82, 2.24) is 19.9 Å². The number of fused-ring (bicyclic) bond motifs is 2. The van der Waals surface area contributed by atoms with Gasteiger partial charge in [-0.2, -0.15) is 0 Å². The van der Waals surface area contributed by atoms with E-state index in [0.717, 1.165) is 38.8 Å². The lowest BCUT2D eigenvalue weighted by molar-refractivity contribution is -0.128. The molecule has 0 saturated heterocycles. The van der Waals surface area contributed by atoms with Crippen LogP contribution in [0.5, 0.6) is 0 Å². The summed E-state index contributed by atoms with van der Waals surface area (Å²) in [6, 6.07) is 14.3. The van der Waals surface area contributed by atoms with Gasteiger partial charge in [0.25, 0.3) is 0 Å². The molecule has 5 heteroatoms. The van der Waals surface area contributed by atoms with E-state index in [1.54, 1.807) is 0 Å². The van der Waals surface area contributed by atoms with Gasteiger partial charge in [0.05, 0.1) is 11.0 Å². The molecule has 142 valence electrons. The second kappa shape index (κ2) is 6.75. The SMILES string of the molecule is Cn1c(-c2cncc3ccccc23)nc2ccc(CNC(=O)C(C)(C)C)cc21. The smallest absolute Gasteiger partial charge is 0.225 e. The average molecular weight is 372 g/mol. The largest absolute Gasteiger partial charge is 0.352 e. The fourth-order valence-corrected chi connectivity index (χ4v) is 3.33. The van der Waals surface area contributed by atoms with Crippen molar-refractivity contribution in [2.45, 2.75) is 27.3 Å². The van der Waals surface area contributed by atoms with Gasteiger partial charge in [0.1, 0.15) is 5.82 Å². The Balaban J connectivity index is 1.72. The van der Waals surface area contributed by atoms with Gasteiger partial charge < -0.3 is 9.88 Å². The standard InChI is InChI=1S/C23H24N4O/c1-23(2,3)22(28)25-12-15-9-10-19-20(11-15)27(4)21(26-19)18-14-24-13-16-7-5-6-8-17(16)18/h5-11,13-14H,12H2,1-4H3,(H,25,28). The molecule has 0 aliphatic heterocycles. The first-order valence-electron chi connectivity index (χ1n) is 9.41. The molecule has 0 aliphatic carbocycles. The van der Waals surface area contributed by atoms with Gasteiger partial charge in [-0.3, -0.25) is 9.78 Å². The minimum atomic E-state index is -0.398. The molecule has 0 aliphatic rings. The number of imidazole rings is 1. The van der Waals surface area contributed by atoms with Crippen LogP contribution < -0.4 is 5.32 Å². The summed E-state index contributed by atoms with van der Waals surface area (Å²) in [6.45, 7) is 6.24. The zero-order valence-electron chi connectivity index (χ0n) is 16.7. The Bertz CT molecular complexity index is 1180. The number of carbonyl (C=O) groups excluding carboxylic acids is 1. The molecule has 0 radical (unpaired) electrons. The van der Waals surface area contributed by atoms with Crippen molar-refractivity contribution >= 4 is 27.7 Å². The van der Waals surface area contributed by atoms with E-state index in [4.69, 9.17) is 4.98 Å². The summed E-state index contributed by atoms with van der Waals surface area (Å²) in [5, 5.41) is 5.24. The predicted molar refractivity (Wildman–Crippen MR) is 113 cm³/mol. The van der Waals surface area contributed by atoms with Gasteiger partial charge in [-0.25, -0.2) is 4.98 Å². The van der Waals surface area contributed by atoms with Gasteiger partial charge in [0.15, 0.2) is 0 Å². The molecule has 4 aromatic rings. The van der Waals surface area contributed by atoms with Crippen LogP contribution in [-0.2, 0) is 18.4 Å². The molecule has 2 aromatic heterocycles. The van der Waals surface area contributed by atoms with Gasteiger partial charge in [-0.1, -0.05) is 51.1 Å². The number of aryl methyl sites for hydroxylation is 1. The number of rotatable bonds is 3. The van der Waals surface area contributed by atoms with E-state index in [-0.39, 0.29) is 5.91 Å². The first-order chi connectivity index (χ1) is 13.3. The Kier molecular flexibility index (Phi) is 4.38. The fraction of sp³-hybridized carbons (Fsp3) is 0.261. The van der Waals surface area contributed by atoms with Gasteiger partial charge in [-0.05, 0) is 23.1 Å². The maximum atomic E-state index is 12.1. The Hall–Kier alpha value is -3.21. The molecule has 5 nitrogen and oxygen atoms in total. The second-order valence-electron chi connectivity index (χ2n) is 8.16.